The molecule has 1 spiro atoms. The first kappa shape index (κ1) is 23.6. The summed E-state index contributed by atoms with van der Waals surface area (Å²) >= 11 is 1.57. The third-order valence-corrected chi connectivity index (χ3v) is 8.96. The molecule has 2 saturated heterocycles. The van der Waals surface area contributed by atoms with Gasteiger partial charge in [-0.25, -0.2) is 4.98 Å². The van der Waals surface area contributed by atoms with E-state index in [4.69, 9.17) is 4.98 Å². The Hall–Kier alpha value is -2.80. The molecule has 6 rings (SSSR count). The van der Waals surface area contributed by atoms with Crippen LogP contribution in [0.15, 0.2) is 76.9 Å². The van der Waals surface area contributed by atoms with Crippen molar-refractivity contribution in [2.24, 2.45) is 5.41 Å². The highest BCUT2D eigenvalue weighted by molar-refractivity contribution is 7.16. The maximum atomic E-state index is 13.6. The van der Waals surface area contributed by atoms with Crippen molar-refractivity contribution in [3.63, 3.8) is 0 Å². The second-order valence-electron chi connectivity index (χ2n) is 10.6. The van der Waals surface area contributed by atoms with Crippen molar-refractivity contribution in [1.29, 1.82) is 0 Å². The molecule has 2 aromatic carbocycles. The van der Waals surface area contributed by atoms with E-state index in [9.17, 15) is 4.79 Å². The Balaban J connectivity index is 1.27. The van der Waals surface area contributed by atoms with E-state index < -0.39 is 0 Å². The standard InChI is InChI=1S/C30H34N4OS/c1-2-26(33-17-15-30(22-33)14-16-32(21-30)19-23-9-5-3-6-10-23)27-31-28-25(13-18-36-28)29(35)34(27)20-24-11-7-4-8-12-24/h3-13,18,26H,2,14-17,19-22H2,1H3. The number of hydrogen-bond acceptors (Lipinski definition) is 5. The van der Waals surface area contributed by atoms with Crippen LogP contribution in [0, 0.1) is 5.41 Å². The average Bonchev–Trinajstić information content (AvgIpc) is 3.64. The van der Waals surface area contributed by atoms with Gasteiger partial charge in [-0.3, -0.25) is 19.2 Å². The van der Waals surface area contributed by atoms with Crippen LogP contribution in [0.3, 0.4) is 0 Å². The number of rotatable bonds is 7. The number of nitrogens with zero attached hydrogens (tertiary/aromatic N) is 4. The lowest BCUT2D eigenvalue weighted by molar-refractivity contribution is 0.185. The van der Waals surface area contributed by atoms with E-state index in [1.807, 2.05) is 34.2 Å². The first-order valence-corrected chi connectivity index (χ1v) is 14.0. The lowest BCUT2D eigenvalue weighted by Gasteiger charge is -2.31. The maximum absolute atomic E-state index is 13.6. The Morgan fingerprint density at radius 3 is 2.33 bits per heavy atom. The van der Waals surface area contributed by atoms with Gasteiger partial charge in [-0.15, -0.1) is 11.3 Å². The number of thiophene rings is 1. The Labute approximate surface area is 217 Å². The molecule has 0 N–H and O–H groups in total. The summed E-state index contributed by atoms with van der Waals surface area (Å²) in [5.41, 5.74) is 2.97. The van der Waals surface area contributed by atoms with Crippen LogP contribution in [0.1, 0.15) is 49.2 Å². The third kappa shape index (κ3) is 4.54. The lowest BCUT2D eigenvalue weighted by atomic mass is 9.86. The summed E-state index contributed by atoms with van der Waals surface area (Å²) in [4.78, 5) is 24.9. The van der Waals surface area contributed by atoms with Crippen molar-refractivity contribution in [2.75, 3.05) is 26.2 Å². The molecule has 2 atom stereocenters. The molecule has 0 aliphatic carbocycles. The molecular formula is C30H34N4OS. The average molecular weight is 499 g/mol. The van der Waals surface area contributed by atoms with Crippen molar-refractivity contribution < 1.29 is 0 Å². The molecule has 2 fully saturated rings. The second kappa shape index (κ2) is 9.92. The predicted octanol–water partition coefficient (Wildman–Crippen LogP) is 5.56. The molecule has 2 unspecified atom stereocenters. The summed E-state index contributed by atoms with van der Waals surface area (Å²) < 4.78 is 1.94. The number of fused-ring (bicyclic) bond motifs is 1. The van der Waals surface area contributed by atoms with Crippen LogP contribution in [-0.4, -0.2) is 45.5 Å². The predicted molar refractivity (Wildman–Crippen MR) is 147 cm³/mol. The van der Waals surface area contributed by atoms with Gasteiger partial charge in [0.15, 0.2) is 0 Å². The molecule has 0 saturated carbocycles. The summed E-state index contributed by atoms with van der Waals surface area (Å²) in [7, 11) is 0. The zero-order chi connectivity index (χ0) is 24.5. The van der Waals surface area contributed by atoms with Gasteiger partial charge in [-0.1, -0.05) is 67.6 Å². The molecule has 2 aromatic heterocycles. The minimum Gasteiger partial charge on any atom is -0.298 e. The van der Waals surface area contributed by atoms with Crippen LogP contribution in [-0.2, 0) is 13.1 Å². The van der Waals surface area contributed by atoms with Crippen molar-refractivity contribution >= 4 is 21.6 Å². The molecule has 2 aliphatic heterocycles. The lowest BCUT2D eigenvalue weighted by Crippen LogP contribution is -2.36. The van der Waals surface area contributed by atoms with Crippen LogP contribution >= 0.6 is 11.3 Å². The first-order valence-electron chi connectivity index (χ1n) is 13.2. The van der Waals surface area contributed by atoms with Gasteiger partial charge in [0.2, 0.25) is 0 Å². The van der Waals surface area contributed by atoms with Gasteiger partial charge in [-0.05, 0) is 60.3 Å². The summed E-state index contributed by atoms with van der Waals surface area (Å²) in [6.45, 7) is 8.31. The Bertz CT molecular complexity index is 1380. The normalized spacial score (nSPS) is 21.6. The fraction of sp³-hybridized carbons (Fsp3) is 0.400. The molecular weight excluding hydrogens is 464 g/mol. The van der Waals surface area contributed by atoms with Crippen molar-refractivity contribution in [3.05, 3.63) is 99.4 Å². The Morgan fingerprint density at radius 1 is 0.917 bits per heavy atom. The highest BCUT2D eigenvalue weighted by Crippen LogP contribution is 2.43. The van der Waals surface area contributed by atoms with Gasteiger partial charge in [-0.2, -0.15) is 0 Å². The van der Waals surface area contributed by atoms with E-state index in [1.54, 1.807) is 11.3 Å². The maximum Gasteiger partial charge on any atom is 0.262 e. The number of benzene rings is 2. The molecule has 0 radical (unpaired) electrons. The Kier molecular flexibility index (Phi) is 6.50. The Morgan fingerprint density at radius 2 is 1.61 bits per heavy atom. The number of aromatic nitrogens is 2. The minimum absolute atomic E-state index is 0.0855. The minimum atomic E-state index is 0.0855. The van der Waals surface area contributed by atoms with Crippen LogP contribution in [0.25, 0.3) is 10.2 Å². The summed E-state index contributed by atoms with van der Waals surface area (Å²) in [6.07, 6.45) is 3.42. The monoisotopic (exact) mass is 498 g/mol. The third-order valence-electron chi connectivity index (χ3n) is 8.16. The summed E-state index contributed by atoms with van der Waals surface area (Å²) in [5.74, 6) is 0.928. The molecule has 0 amide bonds. The van der Waals surface area contributed by atoms with Crippen molar-refractivity contribution in [2.45, 2.75) is 45.3 Å². The fourth-order valence-electron chi connectivity index (χ4n) is 6.31. The summed E-state index contributed by atoms with van der Waals surface area (Å²) in [5, 5.41) is 2.72. The fourth-order valence-corrected chi connectivity index (χ4v) is 7.08. The van der Waals surface area contributed by atoms with E-state index in [-0.39, 0.29) is 11.6 Å². The smallest absolute Gasteiger partial charge is 0.262 e. The quantitative estimate of drug-likeness (QED) is 0.335. The number of likely N-dealkylation sites (tertiary alicyclic amines) is 2. The van der Waals surface area contributed by atoms with Gasteiger partial charge < -0.3 is 0 Å². The zero-order valence-electron chi connectivity index (χ0n) is 21.0. The van der Waals surface area contributed by atoms with E-state index in [2.05, 4.69) is 59.2 Å². The van der Waals surface area contributed by atoms with Gasteiger partial charge in [0, 0.05) is 19.6 Å². The first-order chi connectivity index (χ1) is 17.6. The van der Waals surface area contributed by atoms with Crippen molar-refractivity contribution in [1.82, 2.24) is 19.4 Å². The van der Waals surface area contributed by atoms with Crippen LogP contribution in [0.4, 0.5) is 0 Å². The van der Waals surface area contributed by atoms with Crippen LogP contribution in [0.5, 0.6) is 0 Å². The SMILES string of the molecule is CCC(c1nc2sccc2c(=O)n1Cc1ccccc1)N1CCC2(CCN(Cc3ccccc3)C2)C1. The molecule has 6 heteroatoms. The largest absolute Gasteiger partial charge is 0.298 e. The molecule has 186 valence electrons. The van der Waals surface area contributed by atoms with Gasteiger partial charge in [0.05, 0.1) is 18.0 Å². The number of hydrogen-bond donors (Lipinski definition) is 0. The van der Waals surface area contributed by atoms with E-state index >= 15 is 0 Å². The molecule has 4 aromatic rings. The van der Waals surface area contributed by atoms with E-state index in [0.29, 0.717) is 12.0 Å². The highest BCUT2D eigenvalue weighted by Gasteiger charge is 2.45. The van der Waals surface area contributed by atoms with Crippen LogP contribution in [0.2, 0.25) is 0 Å². The molecule has 0 bridgehead atoms. The molecule has 4 heterocycles. The van der Waals surface area contributed by atoms with E-state index in [0.717, 1.165) is 60.7 Å². The van der Waals surface area contributed by atoms with Crippen molar-refractivity contribution in [3.8, 4) is 0 Å². The molecule has 5 nitrogen and oxygen atoms in total. The molecule has 36 heavy (non-hydrogen) atoms. The van der Waals surface area contributed by atoms with Crippen LogP contribution < -0.4 is 5.56 Å². The zero-order valence-corrected chi connectivity index (χ0v) is 21.8. The van der Waals surface area contributed by atoms with Gasteiger partial charge in [0.1, 0.15) is 10.7 Å². The van der Waals surface area contributed by atoms with Gasteiger partial charge in [0.25, 0.3) is 5.56 Å². The second-order valence-corrected chi connectivity index (χ2v) is 11.5. The summed E-state index contributed by atoms with van der Waals surface area (Å²) in [6, 6.07) is 23.2. The van der Waals surface area contributed by atoms with Gasteiger partial charge >= 0.3 is 0 Å². The highest BCUT2D eigenvalue weighted by atomic mass is 32.1. The topological polar surface area (TPSA) is 41.4 Å². The van der Waals surface area contributed by atoms with E-state index in [1.165, 1.54) is 18.4 Å². The molecule has 2 aliphatic rings.